The number of benzene rings is 2. The van der Waals surface area contributed by atoms with Crippen molar-refractivity contribution in [1.29, 1.82) is 0 Å². The van der Waals surface area contributed by atoms with Crippen molar-refractivity contribution in [1.82, 2.24) is 0 Å². The number of hydrogen-bond acceptors (Lipinski definition) is 3. The van der Waals surface area contributed by atoms with Crippen molar-refractivity contribution in [2.45, 2.75) is 19.8 Å². The normalized spacial score (nSPS) is 9.37. The summed E-state index contributed by atoms with van der Waals surface area (Å²) in [4.78, 5) is 0. The molecule has 2 aromatic carbocycles. The largest absolute Gasteiger partial charge is 0.508 e. The lowest BCUT2D eigenvalue weighted by atomic mass is 10.1. The highest BCUT2D eigenvalue weighted by Gasteiger charge is 2.00. The monoisotopic (exact) mass is 260 g/mol. The Morgan fingerprint density at radius 2 is 1.68 bits per heavy atom. The third-order valence-electron chi connectivity index (χ3n) is 2.54. The Labute approximate surface area is 114 Å². The van der Waals surface area contributed by atoms with Crippen LogP contribution in [0.4, 0.5) is 0 Å². The summed E-state index contributed by atoms with van der Waals surface area (Å²) >= 11 is 0. The Morgan fingerprint density at radius 3 is 2.16 bits per heavy atom. The second kappa shape index (κ2) is 8.03. The fraction of sp³-hybridized carbons (Fsp3) is 0.250. The third-order valence-corrected chi connectivity index (χ3v) is 2.54. The van der Waals surface area contributed by atoms with Gasteiger partial charge in [0, 0.05) is 0 Å². The van der Waals surface area contributed by atoms with Gasteiger partial charge in [0.1, 0.15) is 5.75 Å². The van der Waals surface area contributed by atoms with E-state index in [1.54, 1.807) is 37.4 Å². The van der Waals surface area contributed by atoms with Crippen LogP contribution in [0.3, 0.4) is 0 Å². The summed E-state index contributed by atoms with van der Waals surface area (Å²) in [5.74, 6) is 1.08. The first-order valence-electron chi connectivity index (χ1n) is 6.27. The van der Waals surface area contributed by atoms with E-state index in [9.17, 15) is 5.11 Å². The van der Waals surface area contributed by atoms with Gasteiger partial charge >= 0.3 is 0 Å². The number of methoxy groups -OCH3 is 1. The van der Waals surface area contributed by atoms with E-state index < -0.39 is 0 Å². The highest BCUT2D eigenvalue weighted by molar-refractivity contribution is 5.41. The molecule has 102 valence electrons. The molecule has 0 radical (unpaired) electrons. The molecule has 0 aromatic heterocycles. The number of para-hydroxylation sites is 1. The molecule has 0 aliphatic rings. The van der Waals surface area contributed by atoms with Crippen molar-refractivity contribution in [2.24, 2.45) is 0 Å². The topological polar surface area (TPSA) is 49.7 Å². The molecule has 0 saturated carbocycles. The van der Waals surface area contributed by atoms with Crippen LogP contribution >= 0.6 is 0 Å². The summed E-state index contributed by atoms with van der Waals surface area (Å²) in [5, 5.41) is 17.9. The van der Waals surface area contributed by atoms with Crippen molar-refractivity contribution in [3.63, 3.8) is 0 Å². The quantitative estimate of drug-likeness (QED) is 0.883. The van der Waals surface area contributed by atoms with Crippen molar-refractivity contribution < 1.29 is 14.9 Å². The molecular formula is C16H20O3. The minimum Gasteiger partial charge on any atom is -0.508 e. The second-order valence-electron chi connectivity index (χ2n) is 4.09. The van der Waals surface area contributed by atoms with Crippen LogP contribution in [0.1, 0.15) is 18.9 Å². The van der Waals surface area contributed by atoms with Crippen LogP contribution < -0.4 is 4.74 Å². The van der Waals surface area contributed by atoms with Crippen LogP contribution in [-0.4, -0.2) is 17.3 Å². The number of phenolic OH excluding ortho intramolecular Hbond substituents is 2. The van der Waals surface area contributed by atoms with Crippen molar-refractivity contribution in [2.75, 3.05) is 7.11 Å². The lowest BCUT2D eigenvalue weighted by molar-refractivity contribution is 0.373. The number of phenols is 2. The molecule has 3 nitrogen and oxygen atoms in total. The molecule has 2 N–H and O–H groups in total. The zero-order chi connectivity index (χ0) is 14.1. The maximum atomic E-state index is 9.28. The van der Waals surface area contributed by atoms with Crippen LogP contribution in [0.2, 0.25) is 0 Å². The summed E-state index contributed by atoms with van der Waals surface area (Å²) in [7, 11) is 1.56. The zero-order valence-corrected chi connectivity index (χ0v) is 11.3. The van der Waals surface area contributed by atoms with Crippen LogP contribution in [0, 0.1) is 0 Å². The number of aromatic hydroxyl groups is 2. The van der Waals surface area contributed by atoms with Crippen molar-refractivity contribution in [3.05, 3.63) is 54.1 Å². The number of aryl methyl sites for hydroxylation is 1. The maximum absolute atomic E-state index is 9.28. The van der Waals surface area contributed by atoms with Gasteiger partial charge in [-0.25, -0.2) is 0 Å². The molecule has 0 atom stereocenters. The molecular weight excluding hydrogens is 240 g/mol. The highest BCUT2D eigenvalue weighted by atomic mass is 16.5. The van der Waals surface area contributed by atoms with E-state index in [2.05, 4.69) is 6.92 Å². The van der Waals surface area contributed by atoms with Gasteiger partial charge in [-0.2, -0.15) is 0 Å². The Hall–Kier alpha value is -2.16. The number of hydrogen-bond donors (Lipinski definition) is 2. The lowest BCUT2D eigenvalue weighted by Gasteiger charge is -2.05. The molecule has 0 heterocycles. The van der Waals surface area contributed by atoms with E-state index >= 15 is 0 Å². The maximum Gasteiger partial charge on any atom is 0.160 e. The van der Waals surface area contributed by atoms with Gasteiger partial charge in [-0.05, 0) is 36.2 Å². The van der Waals surface area contributed by atoms with E-state index in [1.165, 1.54) is 5.56 Å². The number of rotatable bonds is 3. The van der Waals surface area contributed by atoms with E-state index in [0.29, 0.717) is 11.5 Å². The molecule has 2 aromatic rings. The molecule has 0 saturated heterocycles. The van der Waals surface area contributed by atoms with Crippen molar-refractivity contribution >= 4 is 0 Å². The fourth-order valence-corrected chi connectivity index (χ4v) is 1.59. The van der Waals surface area contributed by atoms with Gasteiger partial charge in [0.05, 0.1) is 7.11 Å². The Bertz CT molecular complexity index is 481. The molecule has 0 unspecified atom stereocenters. The summed E-state index contributed by atoms with van der Waals surface area (Å²) < 4.78 is 4.98. The van der Waals surface area contributed by atoms with Gasteiger partial charge in [-0.15, -0.1) is 0 Å². The van der Waals surface area contributed by atoms with E-state index in [-0.39, 0.29) is 5.75 Å². The van der Waals surface area contributed by atoms with Gasteiger partial charge in [0.25, 0.3) is 0 Å². The molecule has 2 rings (SSSR count). The van der Waals surface area contributed by atoms with Gasteiger partial charge < -0.3 is 14.9 Å². The summed E-state index contributed by atoms with van der Waals surface area (Å²) in [6.45, 7) is 2.12. The van der Waals surface area contributed by atoms with Crippen LogP contribution in [-0.2, 0) is 6.42 Å². The Kier molecular flexibility index (Phi) is 6.30. The SMILES string of the molecule is CCCc1ccc(O)c(OC)c1.Oc1ccccc1. The standard InChI is InChI=1S/C10H14O2.C6H6O/c1-3-4-8-5-6-9(11)10(7-8)12-2;7-6-4-2-1-3-5-6/h5-7,11H,3-4H2,1-2H3;1-5,7H. The predicted molar refractivity (Wildman–Crippen MR) is 76.8 cm³/mol. The van der Waals surface area contributed by atoms with Gasteiger partial charge in [0.2, 0.25) is 0 Å². The third kappa shape index (κ3) is 5.34. The summed E-state index contributed by atoms with van der Waals surface area (Å²) in [5.41, 5.74) is 1.20. The van der Waals surface area contributed by atoms with Gasteiger partial charge in [0.15, 0.2) is 11.5 Å². The minimum atomic E-state index is 0.206. The highest BCUT2D eigenvalue weighted by Crippen LogP contribution is 2.26. The summed E-state index contributed by atoms with van der Waals surface area (Å²) in [6.07, 6.45) is 2.13. The van der Waals surface area contributed by atoms with E-state index in [1.807, 2.05) is 18.2 Å². The molecule has 0 amide bonds. The smallest absolute Gasteiger partial charge is 0.160 e. The molecule has 0 aliphatic heterocycles. The molecule has 19 heavy (non-hydrogen) atoms. The van der Waals surface area contributed by atoms with Gasteiger partial charge in [-0.3, -0.25) is 0 Å². The predicted octanol–water partition coefficient (Wildman–Crippen LogP) is 3.75. The van der Waals surface area contributed by atoms with Crippen molar-refractivity contribution in [3.8, 4) is 17.2 Å². The average Bonchev–Trinajstić information content (AvgIpc) is 2.43. The lowest BCUT2D eigenvalue weighted by Crippen LogP contribution is -1.87. The fourth-order valence-electron chi connectivity index (χ4n) is 1.59. The molecule has 0 aliphatic carbocycles. The first-order chi connectivity index (χ1) is 9.17. The average molecular weight is 260 g/mol. The molecule has 3 heteroatoms. The van der Waals surface area contributed by atoms with Crippen LogP contribution in [0.5, 0.6) is 17.2 Å². The Morgan fingerprint density at radius 1 is 1.00 bits per heavy atom. The number of ether oxygens (including phenoxy) is 1. The summed E-state index contributed by atoms with van der Waals surface area (Å²) in [6, 6.07) is 14.2. The molecule has 0 bridgehead atoms. The van der Waals surface area contributed by atoms with E-state index in [4.69, 9.17) is 9.84 Å². The van der Waals surface area contributed by atoms with Crippen LogP contribution in [0.15, 0.2) is 48.5 Å². The molecule has 0 fully saturated rings. The Balaban J connectivity index is 0.000000218. The van der Waals surface area contributed by atoms with E-state index in [0.717, 1.165) is 12.8 Å². The second-order valence-corrected chi connectivity index (χ2v) is 4.09. The zero-order valence-electron chi connectivity index (χ0n) is 11.3. The van der Waals surface area contributed by atoms with Gasteiger partial charge in [-0.1, -0.05) is 37.6 Å². The minimum absolute atomic E-state index is 0.206. The first-order valence-corrected chi connectivity index (χ1v) is 6.27. The van der Waals surface area contributed by atoms with Crippen LogP contribution in [0.25, 0.3) is 0 Å². The first kappa shape index (κ1) is 14.9. The molecule has 0 spiro atoms.